The largest absolute Gasteiger partial charge is 0.378 e. The SMILES string of the molecule is Cc1c(N2CCN(S(C)(=O)=O)CC2)nc2cc(F)cc(F)c2c1Nc1cncc(N2CCOCC2)c1. The number of halogens is 2. The topological polar surface area (TPSA) is 90.9 Å². The van der Waals surface area contributed by atoms with E-state index in [4.69, 9.17) is 4.74 Å². The fourth-order valence-corrected chi connectivity index (χ4v) is 5.55. The van der Waals surface area contributed by atoms with Crippen LogP contribution in [0.15, 0.2) is 30.6 Å². The van der Waals surface area contributed by atoms with Crippen molar-refractivity contribution in [2.24, 2.45) is 0 Å². The highest BCUT2D eigenvalue weighted by Gasteiger charge is 2.27. The maximum absolute atomic E-state index is 15.1. The van der Waals surface area contributed by atoms with E-state index in [1.165, 1.54) is 16.6 Å². The van der Waals surface area contributed by atoms with E-state index < -0.39 is 21.7 Å². The van der Waals surface area contributed by atoms with Crippen LogP contribution in [0.2, 0.25) is 0 Å². The number of pyridine rings is 2. The van der Waals surface area contributed by atoms with Gasteiger partial charge in [-0.15, -0.1) is 0 Å². The van der Waals surface area contributed by atoms with E-state index in [-0.39, 0.29) is 10.9 Å². The van der Waals surface area contributed by atoms with Crippen LogP contribution in [0.3, 0.4) is 0 Å². The molecule has 0 saturated carbocycles. The molecule has 0 spiro atoms. The molecular formula is C24H28F2N6O3S. The van der Waals surface area contributed by atoms with E-state index in [0.717, 1.165) is 24.8 Å². The summed E-state index contributed by atoms with van der Waals surface area (Å²) in [5.41, 5.74) is 2.91. The molecule has 2 aliphatic rings. The minimum Gasteiger partial charge on any atom is -0.378 e. The molecule has 5 rings (SSSR count). The Labute approximate surface area is 208 Å². The molecule has 192 valence electrons. The standard InChI is InChI=1S/C24H28F2N6O3S/c1-16-23(28-18-13-19(15-27-14-18)30-7-9-35-10-8-30)22-20(26)11-17(25)12-21(22)29-24(16)31-3-5-32(6-4-31)36(2,33)34/h11-15H,3-10H2,1-2H3,(H,28,29). The van der Waals surface area contributed by atoms with Crippen LogP contribution >= 0.6 is 0 Å². The summed E-state index contributed by atoms with van der Waals surface area (Å²) in [5.74, 6) is -0.875. The highest BCUT2D eigenvalue weighted by atomic mass is 32.2. The zero-order valence-electron chi connectivity index (χ0n) is 20.2. The van der Waals surface area contributed by atoms with E-state index in [9.17, 15) is 12.8 Å². The van der Waals surface area contributed by atoms with Gasteiger partial charge in [0.1, 0.15) is 17.5 Å². The second-order valence-electron chi connectivity index (χ2n) is 9.02. The molecule has 2 aromatic heterocycles. The van der Waals surface area contributed by atoms with Crippen LogP contribution in [0.4, 0.5) is 31.7 Å². The van der Waals surface area contributed by atoms with Crippen LogP contribution < -0.4 is 15.1 Å². The van der Waals surface area contributed by atoms with Gasteiger partial charge in [0, 0.05) is 57.0 Å². The molecule has 4 heterocycles. The quantitative estimate of drug-likeness (QED) is 0.552. The summed E-state index contributed by atoms with van der Waals surface area (Å²) >= 11 is 0. The average molecular weight is 519 g/mol. The number of sulfonamides is 1. The average Bonchev–Trinajstić information content (AvgIpc) is 2.85. The Balaban J connectivity index is 1.54. The highest BCUT2D eigenvalue weighted by Crippen LogP contribution is 2.37. The number of nitrogens with one attached hydrogen (secondary N) is 1. The number of hydrogen-bond acceptors (Lipinski definition) is 8. The van der Waals surface area contributed by atoms with E-state index in [1.54, 1.807) is 12.4 Å². The van der Waals surface area contributed by atoms with Crippen LogP contribution in [0, 0.1) is 18.6 Å². The first kappa shape index (κ1) is 24.6. The number of benzene rings is 1. The Morgan fingerprint density at radius 2 is 1.69 bits per heavy atom. The van der Waals surface area contributed by atoms with Gasteiger partial charge in [0.05, 0.1) is 59.8 Å². The van der Waals surface area contributed by atoms with Gasteiger partial charge in [0.15, 0.2) is 0 Å². The maximum Gasteiger partial charge on any atom is 0.211 e. The minimum atomic E-state index is -3.29. The molecule has 1 aromatic carbocycles. The Morgan fingerprint density at radius 1 is 0.972 bits per heavy atom. The van der Waals surface area contributed by atoms with Gasteiger partial charge in [-0.05, 0) is 13.0 Å². The Bertz CT molecular complexity index is 1390. The van der Waals surface area contributed by atoms with E-state index in [1.807, 2.05) is 17.9 Å². The van der Waals surface area contributed by atoms with Crippen molar-refractivity contribution in [1.29, 1.82) is 0 Å². The highest BCUT2D eigenvalue weighted by molar-refractivity contribution is 7.88. The van der Waals surface area contributed by atoms with Crippen molar-refractivity contribution in [1.82, 2.24) is 14.3 Å². The molecule has 9 nitrogen and oxygen atoms in total. The first-order valence-corrected chi connectivity index (χ1v) is 13.6. The van der Waals surface area contributed by atoms with Crippen LogP contribution in [-0.4, -0.2) is 81.4 Å². The van der Waals surface area contributed by atoms with Crippen molar-refractivity contribution in [2.75, 3.05) is 73.9 Å². The lowest BCUT2D eigenvalue weighted by molar-refractivity contribution is 0.122. The zero-order valence-corrected chi connectivity index (χ0v) is 21.0. The summed E-state index contributed by atoms with van der Waals surface area (Å²) < 4.78 is 59.9. The third-order valence-corrected chi connectivity index (χ3v) is 7.90. The van der Waals surface area contributed by atoms with Crippen molar-refractivity contribution in [3.8, 4) is 0 Å². The smallest absolute Gasteiger partial charge is 0.211 e. The number of rotatable bonds is 5. The molecule has 0 bridgehead atoms. The third-order valence-electron chi connectivity index (χ3n) is 6.60. The van der Waals surface area contributed by atoms with Gasteiger partial charge in [-0.25, -0.2) is 22.2 Å². The molecule has 3 aromatic rings. The summed E-state index contributed by atoms with van der Waals surface area (Å²) in [6, 6.07) is 4.00. The van der Waals surface area contributed by atoms with Gasteiger partial charge in [0.2, 0.25) is 10.0 Å². The monoisotopic (exact) mass is 518 g/mol. The van der Waals surface area contributed by atoms with Gasteiger partial charge < -0.3 is 19.9 Å². The maximum atomic E-state index is 15.1. The number of morpholine rings is 1. The zero-order chi connectivity index (χ0) is 25.4. The van der Waals surface area contributed by atoms with Gasteiger partial charge in [-0.2, -0.15) is 4.31 Å². The Kier molecular flexibility index (Phi) is 6.66. The lowest BCUT2D eigenvalue weighted by Gasteiger charge is -2.35. The Morgan fingerprint density at radius 3 is 2.39 bits per heavy atom. The second-order valence-corrected chi connectivity index (χ2v) is 11.0. The van der Waals surface area contributed by atoms with Crippen LogP contribution in [0.25, 0.3) is 10.9 Å². The van der Waals surface area contributed by atoms with Crippen molar-refractivity contribution < 1.29 is 21.9 Å². The third kappa shape index (κ3) is 4.93. The van der Waals surface area contributed by atoms with Crippen LogP contribution in [0.5, 0.6) is 0 Å². The van der Waals surface area contributed by atoms with Crippen molar-refractivity contribution in [2.45, 2.75) is 6.92 Å². The summed E-state index contributed by atoms with van der Waals surface area (Å²) in [6.45, 7) is 6.05. The molecule has 2 saturated heterocycles. The van der Waals surface area contributed by atoms with Gasteiger partial charge in [0.25, 0.3) is 0 Å². The Hall–Kier alpha value is -3.09. The summed E-state index contributed by atoms with van der Waals surface area (Å²) in [4.78, 5) is 13.1. The molecule has 12 heteroatoms. The summed E-state index contributed by atoms with van der Waals surface area (Å²) in [5, 5.41) is 3.50. The normalized spacial score (nSPS) is 17.6. The molecule has 2 aliphatic heterocycles. The number of aromatic nitrogens is 2. The van der Waals surface area contributed by atoms with Crippen LogP contribution in [0.1, 0.15) is 5.56 Å². The predicted molar refractivity (Wildman–Crippen MR) is 136 cm³/mol. The number of anilines is 4. The number of hydrogen-bond donors (Lipinski definition) is 1. The summed E-state index contributed by atoms with van der Waals surface area (Å²) in [6.07, 6.45) is 4.62. The number of piperazine rings is 1. The van der Waals surface area contributed by atoms with E-state index >= 15 is 4.39 Å². The van der Waals surface area contributed by atoms with Gasteiger partial charge in [-0.1, -0.05) is 0 Å². The number of nitrogens with zero attached hydrogens (tertiary/aromatic N) is 5. The fraction of sp³-hybridized carbons (Fsp3) is 0.417. The molecule has 2 fully saturated rings. The molecule has 0 aliphatic carbocycles. The molecule has 0 atom stereocenters. The number of ether oxygens (including phenoxy) is 1. The van der Waals surface area contributed by atoms with Crippen molar-refractivity contribution in [3.05, 3.63) is 47.8 Å². The molecule has 1 N–H and O–H groups in total. The minimum absolute atomic E-state index is 0.179. The lowest BCUT2D eigenvalue weighted by Crippen LogP contribution is -2.48. The molecule has 36 heavy (non-hydrogen) atoms. The van der Waals surface area contributed by atoms with E-state index in [0.29, 0.717) is 62.1 Å². The van der Waals surface area contributed by atoms with Crippen molar-refractivity contribution in [3.63, 3.8) is 0 Å². The first-order chi connectivity index (χ1) is 17.2. The molecule has 0 amide bonds. The summed E-state index contributed by atoms with van der Waals surface area (Å²) in [7, 11) is -3.29. The number of fused-ring (bicyclic) bond motifs is 1. The molecule has 0 radical (unpaired) electrons. The first-order valence-electron chi connectivity index (χ1n) is 11.7. The van der Waals surface area contributed by atoms with Crippen molar-refractivity contribution >= 4 is 43.8 Å². The fourth-order valence-electron chi connectivity index (χ4n) is 4.72. The molecular weight excluding hydrogens is 490 g/mol. The predicted octanol–water partition coefficient (Wildman–Crippen LogP) is 2.88. The second kappa shape index (κ2) is 9.75. The van der Waals surface area contributed by atoms with Crippen LogP contribution in [-0.2, 0) is 14.8 Å². The van der Waals surface area contributed by atoms with Gasteiger partial charge >= 0.3 is 0 Å². The van der Waals surface area contributed by atoms with Gasteiger partial charge in [-0.3, -0.25) is 4.98 Å². The van der Waals surface area contributed by atoms with E-state index in [2.05, 4.69) is 20.2 Å². The lowest BCUT2D eigenvalue weighted by atomic mass is 10.1. The molecule has 0 unspecified atom stereocenters.